The van der Waals surface area contributed by atoms with E-state index < -0.39 is 6.80 Å². The van der Waals surface area contributed by atoms with Gasteiger partial charge < -0.3 is 0 Å². The average Bonchev–Trinajstić information content (AvgIpc) is 2.36. The van der Waals surface area contributed by atoms with Gasteiger partial charge in [-0.15, -0.1) is 0 Å². The summed E-state index contributed by atoms with van der Waals surface area (Å²) in [4.78, 5) is 0. The molecule has 0 bridgehead atoms. The van der Waals surface area contributed by atoms with E-state index in [-0.39, 0.29) is 17.5 Å². The lowest BCUT2D eigenvalue weighted by atomic mass is 9.91. The molecule has 0 spiro atoms. The maximum absolute atomic E-state index is 13.0. The molecule has 0 fully saturated rings. The molecule has 2 rings (SSSR count). The Morgan fingerprint density at radius 1 is 1.14 bits per heavy atom. The van der Waals surface area contributed by atoms with Gasteiger partial charge in [0.15, 0.2) is 0 Å². The molecule has 0 amide bonds. The first-order chi connectivity index (χ1) is 9.89. The molecule has 1 aliphatic carbocycles. The van der Waals surface area contributed by atoms with Gasteiger partial charge in [0, 0.05) is 5.25 Å². The zero-order valence-electron chi connectivity index (χ0n) is 13.2. The van der Waals surface area contributed by atoms with E-state index in [1.165, 1.54) is 22.5 Å². The van der Waals surface area contributed by atoms with Crippen LogP contribution in [0, 0.1) is 0 Å². The number of hydrogen-bond acceptors (Lipinski definition) is 4. The fourth-order valence-electron chi connectivity index (χ4n) is 2.57. The molecule has 1 aromatic rings. The van der Waals surface area contributed by atoms with E-state index >= 15 is 0 Å². The molecule has 1 atom stereocenters. The third kappa shape index (κ3) is 4.85. The van der Waals surface area contributed by atoms with Crippen LogP contribution in [0.3, 0.4) is 0 Å². The van der Waals surface area contributed by atoms with Crippen molar-refractivity contribution in [2.24, 2.45) is 0 Å². The molecule has 0 saturated carbocycles. The van der Waals surface area contributed by atoms with E-state index in [0.29, 0.717) is 0 Å². The first-order valence-electron chi connectivity index (χ1n) is 7.62. The Balaban J connectivity index is 2.19. The molecule has 1 aliphatic rings. The Morgan fingerprint density at radius 2 is 1.76 bits per heavy atom. The zero-order valence-corrected chi connectivity index (χ0v) is 15.0. The van der Waals surface area contributed by atoms with Crippen LogP contribution in [0.1, 0.15) is 56.9 Å². The third-order valence-electron chi connectivity index (χ3n) is 3.25. The zero-order chi connectivity index (χ0) is 15.5. The van der Waals surface area contributed by atoms with Crippen molar-refractivity contribution in [1.29, 1.82) is 0 Å². The van der Waals surface area contributed by atoms with Crippen LogP contribution in [-0.2, 0) is 20.0 Å². The van der Waals surface area contributed by atoms with Gasteiger partial charge in [0.1, 0.15) is 0 Å². The Kier molecular flexibility index (Phi) is 5.96. The van der Waals surface area contributed by atoms with Crippen LogP contribution in [0.25, 0.3) is 0 Å². The van der Waals surface area contributed by atoms with Crippen LogP contribution in [-0.4, -0.2) is 12.2 Å². The molecule has 3 nitrogen and oxygen atoms in total. The fraction of sp³-hybridized carbons (Fsp3) is 0.625. The van der Waals surface area contributed by atoms with Crippen molar-refractivity contribution >= 4 is 18.2 Å². The maximum atomic E-state index is 13.0. The second kappa shape index (κ2) is 7.32. The molecular formula is C16H25O3PS. The lowest BCUT2D eigenvalue weighted by Gasteiger charge is -2.29. The van der Waals surface area contributed by atoms with E-state index in [2.05, 4.69) is 24.3 Å². The van der Waals surface area contributed by atoms with E-state index in [0.717, 1.165) is 19.3 Å². The predicted molar refractivity (Wildman–Crippen MR) is 89.8 cm³/mol. The predicted octanol–water partition coefficient (Wildman–Crippen LogP) is 5.76. The summed E-state index contributed by atoms with van der Waals surface area (Å²) in [5.74, 6) is 0. The van der Waals surface area contributed by atoms with Crippen LogP contribution in [0.4, 0.5) is 0 Å². The number of fused-ring (bicyclic) bond motifs is 1. The van der Waals surface area contributed by atoms with Crippen LogP contribution >= 0.6 is 18.2 Å². The van der Waals surface area contributed by atoms with Crippen LogP contribution in [0.15, 0.2) is 24.3 Å². The summed E-state index contributed by atoms with van der Waals surface area (Å²) in [5, 5.41) is 0.193. The normalized spacial score (nSPS) is 19.0. The second-order valence-electron chi connectivity index (χ2n) is 5.94. The van der Waals surface area contributed by atoms with Crippen molar-refractivity contribution in [2.75, 3.05) is 0 Å². The van der Waals surface area contributed by atoms with Crippen LogP contribution < -0.4 is 0 Å². The Labute approximate surface area is 132 Å². The summed E-state index contributed by atoms with van der Waals surface area (Å²) in [6.45, 7) is 4.44. The summed E-state index contributed by atoms with van der Waals surface area (Å²) < 4.78 is 24.4. The van der Waals surface area contributed by atoms with Crippen molar-refractivity contribution < 1.29 is 13.6 Å². The monoisotopic (exact) mass is 328 g/mol. The highest BCUT2D eigenvalue weighted by molar-refractivity contribution is 8.55. The molecule has 118 valence electrons. The van der Waals surface area contributed by atoms with Gasteiger partial charge in [-0.25, -0.2) is 4.57 Å². The summed E-state index contributed by atoms with van der Waals surface area (Å²) in [7, 11) is 0. The SMILES string of the molecule is CC(C)OP(=O)(OC(C)C)SC1CCCc2ccccc21. The topological polar surface area (TPSA) is 35.5 Å². The van der Waals surface area contributed by atoms with E-state index in [1.54, 1.807) is 0 Å². The van der Waals surface area contributed by atoms with Crippen molar-refractivity contribution in [3.63, 3.8) is 0 Å². The van der Waals surface area contributed by atoms with Gasteiger partial charge >= 0.3 is 6.80 Å². The number of benzene rings is 1. The van der Waals surface area contributed by atoms with Gasteiger partial charge in [-0.2, -0.15) is 0 Å². The molecule has 5 heteroatoms. The molecule has 0 saturated heterocycles. The third-order valence-corrected chi connectivity index (χ3v) is 7.67. The quantitative estimate of drug-likeness (QED) is 0.622. The summed E-state index contributed by atoms with van der Waals surface area (Å²) in [5.41, 5.74) is 2.65. The molecular weight excluding hydrogens is 303 g/mol. The Bertz CT molecular complexity index is 502. The molecule has 0 aliphatic heterocycles. The van der Waals surface area contributed by atoms with Gasteiger partial charge in [0.2, 0.25) is 0 Å². The molecule has 1 aromatic carbocycles. The number of rotatable bonds is 6. The highest BCUT2D eigenvalue weighted by atomic mass is 32.7. The summed E-state index contributed by atoms with van der Waals surface area (Å²) in [6, 6.07) is 8.43. The van der Waals surface area contributed by atoms with Gasteiger partial charge in [0.25, 0.3) is 0 Å². The first-order valence-corrected chi connectivity index (χ1v) is 10.7. The van der Waals surface area contributed by atoms with Crippen molar-refractivity contribution in [1.82, 2.24) is 0 Å². The molecule has 0 heterocycles. The standard InChI is InChI=1S/C16H25O3PS/c1-12(2)18-20(17,19-13(3)4)21-16-11-7-9-14-8-5-6-10-15(14)16/h5-6,8,10,12-13,16H,7,9,11H2,1-4H3. The van der Waals surface area contributed by atoms with Gasteiger partial charge in [-0.3, -0.25) is 9.05 Å². The number of aryl methyl sites for hydroxylation is 1. The lowest BCUT2D eigenvalue weighted by molar-refractivity contribution is 0.155. The maximum Gasteiger partial charge on any atom is 0.390 e. The lowest BCUT2D eigenvalue weighted by Crippen LogP contribution is -2.10. The Hall–Kier alpha value is -0.280. The van der Waals surface area contributed by atoms with E-state index in [4.69, 9.17) is 9.05 Å². The molecule has 0 radical (unpaired) electrons. The largest absolute Gasteiger partial charge is 0.390 e. The van der Waals surface area contributed by atoms with Crippen LogP contribution in [0.5, 0.6) is 0 Å². The van der Waals surface area contributed by atoms with E-state index in [1.807, 2.05) is 27.7 Å². The van der Waals surface area contributed by atoms with Gasteiger partial charge in [-0.05, 0) is 69.5 Å². The molecule has 0 N–H and O–H groups in total. The minimum Gasteiger partial charge on any atom is -0.298 e. The highest BCUT2D eigenvalue weighted by Gasteiger charge is 2.35. The van der Waals surface area contributed by atoms with Crippen molar-refractivity contribution in [3.8, 4) is 0 Å². The first kappa shape index (κ1) is 17.1. The van der Waals surface area contributed by atoms with Crippen molar-refractivity contribution in [2.45, 2.75) is 64.4 Å². The summed E-state index contributed by atoms with van der Waals surface area (Å²) >= 11 is 1.38. The van der Waals surface area contributed by atoms with Gasteiger partial charge in [-0.1, -0.05) is 24.3 Å². The highest BCUT2D eigenvalue weighted by Crippen LogP contribution is 2.68. The smallest absolute Gasteiger partial charge is 0.298 e. The minimum atomic E-state index is -3.14. The minimum absolute atomic E-state index is 0.110. The summed E-state index contributed by atoms with van der Waals surface area (Å²) in [6.07, 6.45) is 3.03. The second-order valence-corrected chi connectivity index (χ2v) is 10.0. The van der Waals surface area contributed by atoms with Gasteiger partial charge in [0.05, 0.1) is 12.2 Å². The van der Waals surface area contributed by atoms with Crippen molar-refractivity contribution in [3.05, 3.63) is 35.4 Å². The van der Waals surface area contributed by atoms with Crippen LogP contribution in [0.2, 0.25) is 0 Å². The molecule has 0 aromatic heterocycles. The number of hydrogen-bond donors (Lipinski definition) is 0. The fourth-order valence-corrected chi connectivity index (χ4v) is 7.60. The Morgan fingerprint density at radius 3 is 2.38 bits per heavy atom. The average molecular weight is 328 g/mol. The molecule has 1 unspecified atom stereocenters. The van der Waals surface area contributed by atoms with E-state index in [9.17, 15) is 4.57 Å². The molecule has 21 heavy (non-hydrogen) atoms.